The van der Waals surface area contributed by atoms with Crippen LogP contribution >= 0.6 is 27.5 Å². The fourth-order valence-corrected chi connectivity index (χ4v) is 2.90. The van der Waals surface area contributed by atoms with E-state index >= 15 is 0 Å². The molecule has 0 amide bonds. The molecule has 0 spiro atoms. The van der Waals surface area contributed by atoms with Gasteiger partial charge in [0.1, 0.15) is 0 Å². The van der Waals surface area contributed by atoms with Gasteiger partial charge >= 0.3 is 0 Å². The zero-order valence-electron chi connectivity index (χ0n) is 12.0. The van der Waals surface area contributed by atoms with Crippen LogP contribution < -0.4 is 5.32 Å². The Morgan fingerprint density at radius 3 is 2.50 bits per heavy atom. The van der Waals surface area contributed by atoms with Gasteiger partial charge in [0.05, 0.1) is 6.04 Å². The standard InChI is InChI=1S/C17H19BrClN/c1-4-20-17(13-6-5-11(2)12(3)9-13)15-10-14(18)7-8-16(15)19/h5-10,17,20H,4H2,1-3H3. The van der Waals surface area contributed by atoms with Crippen molar-refractivity contribution in [1.29, 1.82) is 0 Å². The third-order valence-electron chi connectivity index (χ3n) is 3.54. The molecule has 1 atom stereocenters. The minimum absolute atomic E-state index is 0.115. The first-order valence-corrected chi connectivity index (χ1v) is 7.95. The van der Waals surface area contributed by atoms with E-state index in [1.54, 1.807) is 0 Å². The summed E-state index contributed by atoms with van der Waals surface area (Å²) in [5.74, 6) is 0. The highest BCUT2D eigenvalue weighted by Gasteiger charge is 2.17. The summed E-state index contributed by atoms with van der Waals surface area (Å²) < 4.78 is 1.05. The smallest absolute Gasteiger partial charge is 0.0591 e. The number of nitrogens with one attached hydrogen (secondary N) is 1. The molecule has 3 heteroatoms. The largest absolute Gasteiger partial charge is 0.306 e. The second kappa shape index (κ2) is 6.75. The van der Waals surface area contributed by atoms with Crippen LogP contribution in [0.2, 0.25) is 5.02 Å². The number of aryl methyl sites for hydroxylation is 2. The van der Waals surface area contributed by atoms with E-state index < -0.39 is 0 Å². The van der Waals surface area contributed by atoms with E-state index in [0.717, 1.165) is 21.6 Å². The number of benzene rings is 2. The van der Waals surface area contributed by atoms with Crippen LogP contribution in [-0.4, -0.2) is 6.54 Å². The van der Waals surface area contributed by atoms with E-state index in [1.807, 2.05) is 12.1 Å². The molecule has 0 aromatic heterocycles. The highest BCUT2D eigenvalue weighted by molar-refractivity contribution is 9.10. The number of hydrogen-bond acceptors (Lipinski definition) is 1. The summed E-state index contributed by atoms with van der Waals surface area (Å²) in [7, 11) is 0. The maximum atomic E-state index is 6.39. The minimum Gasteiger partial charge on any atom is -0.306 e. The van der Waals surface area contributed by atoms with E-state index in [0.29, 0.717) is 0 Å². The lowest BCUT2D eigenvalue weighted by atomic mass is 9.95. The van der Waals surface area contributed by atoms with Gasteiger partial charge in [0.15, 0.2) is 0 Å². The number of halogens is 2. The Labute approximate surface area is 134 Å². The summed E-state index contributed by atoms with van der Waals surface area (Å²) in [4.78, 5) is 0. The summed E-state index contributed by atoms with van der Waals surface area (Å²) in [5, 5.41) is 4.31. The van der Waals surface area contributed by atoms with Gasteiger partial charge < -0.3 is 5.32 Å². The predicted octanol–water partition coefficient (Wildman–Crippen LogP) is 5.42. The minimum atomic E-state index is 0.115. The van der Waals surface area contributed by atoms with Gasteiger partial charge in [-0.05, 0) is 60.8 Å². The first kappa shape index (κ1) is 15.6. The van der Waals surface area contributed by atoms with Crippen LogP contribution in [0.4, 0.5) is 0 Å². The second-order valence-corrected chi connectivity index (χ2v) is 6.32. The molecule has 0 fully saturated rings. The summed E-state index contributed by atoms with van der Waals surface area (Å²) >= 11 is 9.91. The van der Waals surface area contributed by atoms with E-state index in [2.05, 4.69) is 66.3 Å². The van der Waals surface area contributed by atoms with E-state index in [-0.39, 0.29) is 6.04 Å². The van der Waals surface area contributed by atoms with Crippen molar-refractivity contribution in [1.82, 2.24) is 5.32 Å². The summed E-state index contributed by atoms with van der Waals surface area (Å²) in [6.07, 6.45) is 0. The lowest BCUT2D eigenvalue weighted by Crippen LogP contribution is -2.22. The molecule has 0 heterocycles. The summed E-state index contributed by atoms with van der Waals surface area (Å²) in [6, 6.07) is 12.7. The normalized spacial score (nSPS) is 12.4. The molecule has 0 aliphatic heterocycles. The molecule has 2 aromatic rings. The van der Waals surface area contributed by atoms with Crippen molar-refractivity contribution in [2.45, 2.75) is 26.8 Å². The fraction of sp³-hybridized carbons (Fsp3) is 0.294. The average molecular weight is 353 g/mol. The quantitative estimate of drug-likeness (QED) is 0.775. The van der Waals surface area contributed by atoms with Gasteiger partial charge in [0.25, 0.3) is 0 Å². The molecule has 2 aromatic carbocycles. The first-order chi connectivity index (χ1) is 9.52. The molecular formula is C17H19BrClN. The predicted molar refractivity (Wildman–Crippen MR) is 90.6 cm³/mol. The number of rotatable bonds is 4. The van der Waals surface area contributed by atoms with Gasteiger partial charge in [0.2, 0.25) is 0 Å². The molecule has 2 rings (SSSR count). The molecule has 0 saturated carbocycles. The van der Waals surface area contributed by atoms with Gasteiger partial charge in [-0.1, -0.05) is 52.7 Å². The number of hydrogen-bond donors (Lipinski definition) is 1. The van der Waals surface area contributed by atoms with Crippen molar-refractivity contribution in [3.05, 3.63) is 68.1 Å². The van der Waals surface area contributed by atoms with Gasteiger partial charge in [0, 0.05) is 9.50 Å². The first-order valence-electron chi connectivity index (χ1n) is 6.78. The average Bonchev–Trinajstić information content (AvgIpc) is 2.42. The highest BCUT2D eigenvalue weighted by Crippen LogP contribution is 2.31. The Morgan fingerprint density at radius 2 is 1.85 bits per heavy atom. The lowest BCUT2D eigenvalue weighted by Gasteiger charge is -2.21. The SMILES string of the molecule is CCNC(c1ccc(C)c(C)c1)c1cc(Br)ccc1Cl. The molecule has 1 nitrogen and oxygen atoms in total. The molecule has 1 N–H and O–H groups in total. The Balaban J connectivity index is 2.49. The van der Waals surface area contributed by atoms with E-state index in [1.165, 1.54) is 16.7 Å². The van der Waals surface area contributed by atoms with Crippen molar-refractivity contribution < 1.29 is 0 Å². The van der Waals surface area contributed by atoms with Gasteiger partial charge in [-0.3, -0.25) is 0 Å². The molecule has 20 heavy (non-hydrogen) atoms. The van der Waals surface area contributed by atoms with Crippen LogP contribution in [-0.2, 0) is 0 Å². The van der Waals surface area contributed by atoms with Crippen molar-refractivity contribution >= 4 is 27.5 Å². The molecule has 0 bridgehead atoms. The maximum absolute atomic E-state index is 6.39. The summed E-state index contributed by atoms with van der Waals surface area (Å²) in [5.41, 5.74) is 4.96. The molecule has 0 aliphatic carbocycles. The van der Waals surface area contributed by atoms with Crippen molar-refractivity contribution in [3.8, 4) is 0 Å². The Bertz CT molecular complexity index is 610. The van der Waals surface area contributed by atoms with Gasteiger partial charge in [-0.25, -0.2) is 0 Å². The zero-order chi connectivity index (χ0) is 14.7. The van der Waals surface area contributed by atoms with Crippen LogP contribution in [0.25, 0.3) is 0 Å². The van der Waals surface area contributed by atoms with E-state index in [9.17, 15) is 0 Å². The molecule has 0 aliphatic rings. The van der Waals surface area contributed by atoms with Crippen LogP contribution in [0.3, 0.4) is 0 Å². The Hall–Kier alpha value is -0.830. The molecule has 0 saturated heterocycles. The highest BCUT2D eigenvalue weighted by atomic mass is 79.9. The molecular weight excluding hydrogens is 334 g/mol. The topological polar surface area (TPSA) is 12.0 Å². The van der Waals surface area contributed by atoms with Crippen molar-refractivity contribution in [2.24, 2.45) is 0 Å². The van der Waals surface area contributed by atoms with Gasteiger partial charge in [-0.2, -0.15) is 0 Å². The monoisotopic (exact) mass is 351 g/mol. The van der Waals surface area contributed by atoms with Crippen LogP contribution in [0.5, 0.6) is 0 Å². The maximum Gasteiger partial charge on any atom is 0.0591 e. The third-order valence-corrected chi connectivity index (χ3v) is 4.38. The van der Waals surface area contributed by atoms with Crippen LogP contribution in [0.15, 0.2) is 40.9 Å². The fourth-order valence-electron chi connectivity index (χ4n) is 2.29. The zero-order valence-corrected chi connectivity index (χ0v) is 14.3. The second-order valence-electron chi connectivity index (χ2n) is 5.00. The molecule has 106 valence electrons. The van der Waals surface area contributed by atoms with Gasteiger partial charge in [-0.15, -0.1) is 0 Å². The lowest BCUT2D eigenvalue weighted by molar-refractivity contribution is 0.630. The van der Waals surface area contributed by atoms with Crippen molar-refractivity contribution in [3.63, 3.8) is 0 Å². The summed E-state index contributed by atoms with van der Waals surface area (Å²) in [6.45, 7) is 7.28. The Morgan fingerprint density at radius 1 is 1.10 bits per heavy atom. The van der Waals surface area contributed by atoms with Crippen LogP contribution in [0.1, 0.15) is 35.2 Å². The van der Waals surface area contributed by atoms with Crippen molar-refractivity contribution in [2.75, 3.05) is 6.54 Å². The third kappa shape index (κ3) is 3.43. The van der Waals surface area contributed by atoms with Crippen LogP contribution in [0, 0.1) is 13.8 Å². The Kier molecular flexibility index (Phi) is 5.25. The molecule has 0 radical (unpaired) electrons. The van der Waals surface area contributed by atoms with E-state index in [4.69, 9.17) is 11.6 Å². The molecule has 1 unspecified atom stereocenters.